The van der Waals surface area contributed by atoms with Crippen LogP contribution in [0.5, 0.6) is 0 Å². The molecule has 124 valence electrons. The third kappa shape index (κ3) is 8.30. The van der Waals surface area contributed by atoms with E-state index in [1.165, 1.54) is 38.5 Å². The first-order valence-electron chi connectivity index (χ1n) is 8.53. The first kappa shape index (κ1) is 18.3. The third-order valence-corrected chi connectivity index (χ3v) is 4.14. The van der Waals surface area contributed by atoms with Crippen LogP contribution < -0.4 is 10.6 Å². The molecule has 1 aliphatic rings. The lowest BCUT2D eigenvalue weighted by Crippen LogP contribution is -2.44. The van der Waals surface area contributed by atoms with Gasteiger partial charge in [0.2, 0.25) is 0 Å². The van der Waals surface area contributed by atoms with Crippen molar-refractivity contribution in [1.29, 1.82) is 0 Å². The molecule has 1 saturated carbocycles. The Morgan fingerprint density at radius 3 is 2.57 bits per heavy atom. The molecule has 3 atom stereocenters. The number of ether oxygens (including phenoxy) is 1. The normalized spacial score (nSPS) is 25.0. The van der Waals surface area contributed by atoms with Crippen LogP contribution in [0.3, 0.4) is 0 Å². The van der Waals surface area contributed by atoms with Crippen LogP contribution in [-0.4, -0.2) is 30.3 Å². The topological polar surface area (TPSA) is 50.4 Å². The van der Waals surface area contributed by atoms with Crippen LogP contribution in [0.1, 0.15) is 73.1 Å². The van der Waals surface area contributed by atoms with Crippen molar-refractivity contribution in [3.63, 3.8) is 0 Å². The van der Waals surface area contributed by atoms with Gasteiger partial charge in [-0.1, -0.05) is 26.2 Å². The Labute approximate surface area is 130 Å². The number of alkyl carbamates (subject to hydrolysis) is 1. The predicted molar refractivity (Wildman–Crippen MR) is 87.5 cm³/mol. The van der Waals surface area contributed by atoms with Gasteiger partial charge in [0.15, 0.2) is 0 Å². The monoisotopic (exact) mass is 298 g/mol. The van der Waals surface area contributed by atoms with Crippen molar-refractivity contribution in [2.24, 2.45) is 5.92 Å². The molecule has 0 heterocycles. The zero-order valence-corrected chi connectivity index (χ0v) is 14.5. The SMILES string of the molecule is CCC1CCCC(NC(C)CNC(=O)OC(C)(C)C)CC1. The molecule has 0 spiro atoms. The summed E-state index contributed by atoms with van der Waals surface area (Å²) in [6.07, 6.45) is 7.52. The van der Waals surface area contributed by atoms with Crippen molar-refractivity contribution in [3.05, 3.63) is 0 Å². The van der Waals surface area contributed by atoms with E-state index in [-0.39, 0.29) is 12.1 Å². The van der Waals surface area contributed by atoms with E-state index in [0.717, 1.165) is 5.92 Å². The summed E-state index contributed by atoms with van der Waals surface area (Å²) >= 11 is 0. The van der Waals surface area contributed by atoms with E-state index >= 15 is 0 Å². The molecular weight excluding hydrogens is 264 g/mol. The maximum absolute atomic E-state index is 11.6. The standard InChI is InChI=1S/C17H34N2O2/c1-6-14-8-7-9-15(11-10-14)19-13(2)12-18-16(20)21-17(3,4)5/h13-15,19H,6-12H2,1-5H3,(H,18,20). The van der Waals surface area contributed by atoms with Gasteiger partial charge in [0.25, 0.3) is 0 Å². The number of carbonyl (C=O) groups excluding carboxylic acids is 1. The molecule has 1 fully saturated rings. The predicted octanol–water partition coefficient (Wildman–Crippen LogP) is 3.85. The van der Waals surface area contributed by atoms with Gasteiger partial charge in [-0.15, -0.1) is 0 Å². The van der Waals surface area contributed by atoms with Crippen LogP contribution in [0.4, 0.5) is 4.79 Å². The Balaban J connectivity index is 2.24. The molecule has 0 aromatic carbocycles. The minimum Gasteiger partial charge on any atom is -0.444 e. The van der Waals surface area contributed by atoms with Gasteiger partial charge in [0.05, 0.1) is 0 Å². The fourth-order valence-corrected chi connectivity index (χ4v) is 2.97. The Hall–Kier alpha value is -0.770. The summed E-state index contributed by atoms with van der Waals surface area (Å²) in [7, 11) is 0. The smallest absolute Gasteiger partial charge is 0.407 e. The average Bonchev–Trinajstić information content (AvgIpc) is 2.59. The van der Waals surface area contributed by atoms with E-state index in [4.69, 9.17) is 4.74 Å². The second kappa shape index (κ2) is 8.62. The van der Waals surface area contributed by atoms with E-state index in [1.807, 2.05) is 20.8 Å². The minimum absolute atomic E-state index is 0.278. The molecule has 1 rings (SSSR count). The molecule has 1 amide bonds. The van der Waals surface area contributed by atoms with Crippen molar-refractivity contribution in [1.82, 2.24) is 10.6 Å². The number of nitrogens with one attached hydrogen (secondary N) is 2. The second-order valence-corrected chi connectivity index (χ2v) is 7.43. The van der Waals surface area contributed by atoms with Gasteiger partial charge in [0.1, 0.15) is 5.60 Å². The number of hydrogen-bond acceptors (Lipinski definition) is 3. The zero-order chi connectivity index (χ0) is 15.9. The number of amides is 1. The molecule has 4 nitrogen and oxygen atoms in total. The highest BCUT2D eigenvalue weighted by Crippen LogP contribution is 2.25. The highest BCUT2D eigenvalue weighted by atomic mass is 16.6. The molecule has 0 aliphatic heterocycles. The summed E-state index contributed by atoms with van der Waals surface area (Å²) in [4.78, 5) is 11.6. The molecule has 4 heteroatoms. The molecular formula is C17H34N2O2. The fraction of sp³-hybridized carbons (Fsp3) is 0.941. The largest absolute Gasteiger partial charge is 0.444 e. The summed E-state index contributed by atoms with van der Waals surface area (Å²) in [6, 6.07) is 0.873. The van der Waals surface area contributed by atoms with Gasteiger partial charge in [-0.3, -0.25) is 0 Å². The highest BCUT2D eigenvalue weighted by Gasteiger charge is 2.20. The molecule has 21 heavy (non-hydrogen) atoms. The van der Waals surface area contributed by atoms with Gasteiger partial charge in [-0.2, -0.15) is 0 Å². The zero-order valence-electron chi connectivity index (χ0n) is 14.5. The quantitative estimate of drug-likeness (QED) is 0.758. The molecule has 0 aromatic heterocycles. The second-order valence-electron chi connectivity index (χ2n) is 7.43. The van der Waals surface area contributed by atoms with E-state index in [0.29, 0.717) is 12.6 Å². The lowest BCUT2D eigenvalue weighted by molar-refractivity contribution is 0.0522. The molecule has 0 aromatic rings. The molecule has 3 unspecified atom stereocenters. The lowest BCUT2D eigenvalue weighted by Gasteiger charge is -2.24. The number of hydrogen-bond donors (Lipinski definition) is 2. The number of rotatable bonds is 5. The lowest BCUT2D eigenvalue weighted by atomic mass is 9.98. The van der Waals surface area contributed by atoms with Crippen LogP contribution in [0.15, 0.2) is 0 Å². The summed E-state index contributed by atoms with van der Waals surface area (Å²) in [6.45, 7) is 10.7. The third-order valence-electron chi connectivity index (χ3n) is 4.14. The Morgan fingerprint density at radius 2 is 1.95 bits per heavy atom. The summed E-state index contributed by atoms with van der Waals surface area (Å²) in [5.41, 5.74) is -0.433. The fourth-order valence-electron chi connectivity index (χ4n) is 2.97. The van der Waals surface area contributed by atoms with E-state index in [2.05, 4.69) is 24.5 Å². The van der Waals surface area contributed by atoms with Crippen LogP contribution in [0.25, 0.3) is 0 Å². The van der Waals surface area contributed by atoms with E-state index < -0.39 is 5.60 Å². The first-order chi connectivity index (χ1) is 9.80. The Morgan fingerprint density at radius 1 is 1.24 bits per heavy atom. The van der Waals surface area contributed by atoms with Crippen molar-refractivity contribution in [2.45, 2.75) is 90.8 Å². The maximum Gasteiger partial charge on any atom is 0.407 e. The van der Waals surface area contributed by atoms with Crippen LogP contribution >= 0.6 is 0 Å². The van der Waals surface area contributed by atoms with E-state index in [1.54, 1.807) is 0 Å². The molecule has 2 N–H and O–H groups in total. The molecule has 0 radical (unpaired) electrons. The first-order valence-corrected chi connectivity index (χ1v) is 8.53. The molecule has 1 aliphatic carbocycles. The van der Waals surface area contributed by atoms with Crippen molar-refractivity contribution >= 4 is 6.09 Å². The molecule has 0 saturated heterocycles. The summed E-state index contributed by atoms with van der Waals surface area (Å²) in [5, 5.41) is 6.49. The van der Waals surface area contributed by atoms with Crippen molar-refractivity contribution in [3.8, 4) is 0 Å². The van der Waals surface area contributed by atoms with Crippen LogP contribution in [-0.2, 0) is 4.74 Å². The van der Waals surface area contributed by atoms with Crippen molar-refractivity contribution < 1.29 is 9.53 Å². The van der Waals surface area contributed by atoms with Gasteiger partial charge in [0, 0.05) is 18.6 Å². The number of carbonyl (C=O) groups is 1. The van der Waals surface area contributed by atoms with E-state index in [9.17, 15) is 4.79 Å². The van der Waals surface area contributed by atoms with Crippen LogP contribution in [0, 0.1) is 5.92 Å². The van der Waals surface area contributed by atoms with Gasteiger partial charge in [-0.25, -0.2) is 4.79 Å². The summed E-state index contributed by atoms with van der Waals surface area (Å²) < 4.78 is 5.25. The summed E-state index contributed by atoms with van der Waals surface area (Å²) in [5.74, 6) is 0.909. The van der Waals surface area contributed by atoms with Gasteiger partial charge in [-0.05, 0) is 52.9 Å². The Bertz CT molecular complexity index is 312. The van der Waals surface area contributed by atoms with Crippen LogP contribution in [0.2, 0.25) is 0 Å². The molecule has 0 bridgehead atoms. The Kier molecular flexibility index (Phi) is 7.50. The van der Waals surface area contributed by atoms with Gasteiger partial charge >= 0.3 is 6.09 Å². The highest BCUT2D eigenvalue weighted by molar-refractivity contribution is 5.67. The maximum atomic E-state index is 11.6. The minimum atomic E-state index is -0.433. The van der Waals surface area contributed by atoms with Gasteiger partial charge < -0.3 is 15.4 Å². The van der Waals surface area contributed by atoms with Crippen molar-refractivity contribution in [2.75, 3.05) is 6.54 Å². The average molecular weight is 298 g/mol.